The fourth-order valence-electron chi connectivity index (χ4n) is 4.24. The van der Waals surface area contributed by atoms with Crippen LogP contribution in [-0.4, -0.2) is 65.7 Å². The number of halogens is 1. The first-order valence-electron chi connectivity index (χ1n) is 9.39. The smallest absolute Gasteiger partial charge is 0.322 e. The van der Waals surface area contributed by atoms with Crippen LogP contribution in [0.15, 0.2) is 53.0 Å². The van der Waals surface area contributed by atoms with Gasteiger partial charge in [-0.1, -0.05) is 34.1 Å². The lowest BCUT2D eigenvalue weighted by Gasteiger charge is -2.58. The molecule has 8 heteroatoms. The van der Waals surface area contributed by atoms with E-state index in [-0.39, 0.29) is 43.1 Å². The largest absolute Gasteiger partial charge is 0.497 e. The predicted molar refractivity (Wildman–Crippen MR) is 112 cm³/mol. The van der Waals surface area contributed by atoms with E-state index >= 15 is 0 Å². The van der Waals surface area contributed by atoms with E-state index in [4.69, 9.17) is 4.74 Å². The van der Waals surface area contributed by atoms with Gasteiger partial charge in [0.2, 0.25) is 5.91 Å². The average molecular weight is 460 g/mol. The van der Waals surface area contributed by atoms with Gasteiger partial charge in [0, 0.05) is 28.7 Å². The zero-order chi connectivity index (χ0) is 20.5. The lowest BCUT2D eigenvalue weighted by molar-refractivity contribution is -0.159. The number of benzene rings is 2. The minimum atomic E-state index is -0.326. The fraction of sp³-hybridized carbons (Fsp3) is 0.333. The molecule has 2 aromatic carbocycles. The Morgan fingerprint density at radius 2 is 2.03 bits per heavy atom. The van der Waals surface area contributed by atoms with Gasteiger partial charge in [-0.2, -0.15) is 0 Å². The molecule has 2 fully saturated rings. The number of amides is 3. The number of carbonyl (C=O) groups excluding carboxylic acids is 2. The number of urea groups is 1. The van der Waals surface area contributed by atoms with Crippen molar-refractivity contribution < 1.29 is 19.4 Å². The molecule has 2 aliphatic heterocycles. The van der Waals surface area contributed by atoms with E-state index in [0.717, 1.165) is 10.0 Å². The summed E-state index contributed by atoms with van der Waals surface area (Å²) in [6, 6.07) is 14.2. The van der Waals surface area contributed by atoms with Gasteiger partial charge in [0.1, 0.15) is 12.3 Å². The Bertz CT molecular complexity index is 920. The second kappa shape index (κ2) is 8.04. The molecular formula is C21H22BrN3O4. The molecule has 2 N–H and O–H groups in total. The van der Waals surface area contributed by atoms with Crippen LogP contribution in [0.4, 0.5) is 10.5 Å². The number of aliphatic hydroxyl groups is 1. The van der Waals surface area contributed by atoms with E-state index in [2.05, 4.69) is 21.2 Å². The van der Waals surface area contributed by atoms with Gasteiger partial charge in [0.05, 0.1) is 25.8 Å². The van der Waals surface area contributed by atoms with Gasteiger partial charge in [-0.05, 0) is 29.8 Å². The van der Waals surface area contributed by atoms with Crippen LogP contribution in [-0.2, 0) is 4.79 Å². The normalized spacial score (nSPS) is 23.3. The summed E-state index contributed by atoms with van der Waals surface area (Å²) in [5.41, 5.74) is 1.66. The first kappa shape index (κ1) is 19.7. The molecule has 2 heterocycles. The van der Waals surface area contributed by atoms with E-state index in [1.165, 1.54) is 4.90 Å². The minimum absolute atomic E-state index is 0.00411. The fourth-order valence-corrected chi connectivity index (χ4v) is 4.51. The van der Waals surface area contributed by atoms with E-state index in [0.29, 0.717) is 18.0 Å². The number of nitrogens with one attached hydrogen (secondary N) is 1. The first-order chi connectivity index (χ1) is 14.0. The summed E-state index contributed by atoms with van der Waals surface area (Å²) in [7, 11) is 1.56. The summed E-state index contributed by atoms with van der Waals surface area (Å²) in [6.45, 7) is 0.313. The number of rotatable bonds is 4. The Morgan fingerprint density at radius 3 is 2.72 bits per heavy atom. The van der Waals surface area contributed by atoms with Gasteiger partial charge < -0.3 is 25.0 Å². The summed E-state index contributed by atoms with van der Waals surface area (Å²) >= 11 is 3.43. The van der Waals surface area contributed by atoms with Crippen molar-refractivity contribution in [3.8, 4) is 5.75 Å². The number of ether oxygens (including phenoxy) is 1. The molecule has 0 saturated carbocycles. The Kier molecular flexibility index (Phi) is 5.47. The first-order valence-corrected chi connectivity index (χ1v) is 10.2. The van der Waals surface area contributed by atoms with Crippen LogP contribution in [0.5, 0.6) is 5.75 Å². The van der Waals surface area contributed by atoms with Gasteiger partial charge in [0.15, 0.2) is 0 Å². The standard InChI is InChI=1S/C21H22BrN3O4/c1-29-16-4-2-3-15(9-16)23-21(28)24-10-17-20(13-5-7-14(22)8-6-13)18(12-26)25(17)19(27)11-24/h2-9,17-18,20,26H,10-12H2,1H3,(H,23,28)/t17-,18-,20-/m0/s1. The molecule has 2 aromatic rings. The van der Waals surface area contributed by atoms with E-state index < -0.39 is 0 Å². The van der Waals surface area contributed by atoms with Crippen molar-refractivity contribution in [3.63, 3.8) is 0 Å². The summed E-state index contributed by atoms with van der Waals surface area (Å²) in [5, 5.41) is 12.7. The van der Waals surface area contributed by atoms with Crippen molar-refractivity contribution in [1.29, 1.82) is 0 Å². The topological polar surface area (TPSA) is 82.1 Å². The molecule has 2 saturated heterocycles. The Balaban J connectivity index is 1.51. The van der Waals surface area contributed by atoms with Crippen molar-refractivity contribution in [2.45, 2.75) is 18.0 Å². The number of nitrogens with zero attached hydrogens (tertiary/aromatic N) is 2. The van der Waals surface area contributed by atoms with Gasteiger partial charge in [-0.15, -0.1) is 0 Å². The van der Waals surface area contributed by atoms with Gasteiger partial charge >= 0.3 is 6.03 Å². The third kappa shape index (κ3) is 3.70. The molecule has 0 aliphatic carbocycles. The second-order valence-electron chi connectivity index (χ2n) is 7.24. The van der Waals surface area contributed by atoms with Gasteiger partial charge in [-0.25, -0.2) is 4.79 Å². The summed E-state index contributed by atoms with van der Waals surface area (Å²) in [6.07, 6.45) is 0. The lowest BCUT2D eigenvalue weighted by atomic mass is 9.74. The molecule has 0 aromatic heterocycles. The summed E-state index contributed by atoms with van der Waals surface area (Å²) in [5.74, 6) is 0.489. The molecule has 3 atom stereocenters. The highest BCUT2D eigenvalue weighted by molar-refractivity contribution is 9.10. The van der Waals surface area contributed by atoms with Crippen molar-refractivity contribution >= 4 is 33.6 Å². The number of fused-ring (bicyclic) bond motifs is 1. The molecule has 0 unspecified atom stereocenters. The highest BCUT2D eigenvalue weighted by Crippen LogP contribution is 2.43. The molecule has 7 nitrogen and oxygen atoms in total. The van der Waals surface area contributed by atoms with Crippen molar-refractivity contribution in [2.24, 2.45) is 0 Å². The number of anilines is 1. The minimum Gasteiger partial charge on any atom is -0.497 e. The van der Waals surface area contributed by atoms with Crippen LogP contribution in [0, 0.1) is 0 Å². The maximum Gasteiger partial charge on any atom is 0.322 e. The third-order valence-electron chi connectivity index (χ3n) is 5.62. The summed E-state index contributed by atoms with van der Waals surface area (Å²) in [4.78, 5) is 28.7. The van der Waals surface area contributed by atoms with Gasteiger partial charge in [-0.3, -0.25) is 4.79 Å². The van der Waals surface area contributed by atoms with Crippen LogP contribution >= 0.6 is 15.9 Å². The van der Waals surface area contributed by atoms with E-state index in [9.17, 15) is 14.7 Å². The molecule has 2 aliphatic rings. The molecule has 0 bridgehead atoms. The van der Waals surface area contributed by atoms with Crippen LogP contribution in [0.25, 0.3) is 0 Å². The molecular weight excluding hydrogens is 438 g/mol. The third-order valence-corrected chi connectivity index (χ3v) is 6.14. The monoisotopic (exact) mass is 459 g/mol. The van der Waals surface area contributed by atoms with Crippen LogP contribution in [0.1, 0.15) is 11.5 Å². The van der Waals surface area contributed by atoms with E-state index in [1.54, 1.807) is 36.3 Å². The number of aliphatic hydroxyl groups excluding tert-OH is 1. The van der Waals surface area contributed by atoms with Crippen molar-refractivity contribution in [2.75, 3.05) is 32.1 Å². The number of methoxy groups -OCH3 is 1. The summed E-state index contributed by atoms with van der Waals surface area (Å²) < 4.78 is 6.15. The quantitative estimate of drug-likeness (QED) is 0.736. The molecule has 4 rings (SSSR count). The Labute approximate surface area is 177 Å². The lowest BCUT2D eigenvalue weighted by Crippen LogP contribution is -2.73. The van der Waals surface area contributed by atoms with Crippen molar-refractivity contribution in [3.05, 3.63) is 58.6 Å². The highest BCUT2D eigenvalue weighted by atomic mass is 79.9. The average Bonchev–Trinajstić information content (AvgIpc) is 2.71. The number of hydrogen-bond acceptors (Lipinski definition) is 4. The number of piperazine rings is 1. The second-order valence-corrected chi connectivity index (χ2v) is 8.15. The maximum absolute atomic E-state index is 12.8. The molecule has 0 radical (unpaired) electrons. The van der Waals surface area contributed by atoms with Gasteiger partial charge in [0.25, 0.3) is 0 Å². The zero-order valence-electron chi connectivity index (χ0n) is 15.9. The van der Waals surface area contributed by atoms with Crippen LogP contribution < -0.4 is 10.1 Å². The van der Waals surface area contributed by atoms with Crippen molar-refractivity contribution in [1.82, 2.24) is 9.80 Å². The Morgan fingerprint density at radius 1 is 1.28 bits per heavy atom. The molecule has 29 heavy (non-hydrogen) atoms. The zero-order valence-corrected chi connectivity index (χ0v) is 17.5. The molecule has 152 valence electrons. The van der Waals surface area contributed by atoms with Crippen LogP contribution in [0.2, 0.25) is 0 Å². The molecule has 3 amide bonds. The SMILES string of the molecule is COc1cccc(NC(=O)N2CC(=O)N3[C@@H](CO)[C@@H](c4ccc(Br)cc4)[C@@H]3C2)c1. The number of hydrogen-bond donors (Lipinski definition) is 2. The Hall–Kier alpha value is -2.58. The highest BCUT2D eigenvalue weighted by Gasteiger charge is 2.54. The predicted octanol–water partition coefficient (Wildman–Crippen LogP) is 2.66. The molecule has 0 spiro atoms. The van der Waals surface area contributed by atoms with E-state index in [1.807, 2.05) is 24.3 Å². The maximum atomic E-state index is 12.8. The van der Waals surface area contributed by atoms with Crippen LogP contribution in [0.3, 0.4) is 0 Å². The number of carbonyl (C=O) groups is 2.